The van der Waals surface area contributed by atoms with Gasteiger partial charge in [0.25, 0.3) is 0 Å². The number of hydrogen-bond acceptors (Lipinski definition) is 9. The molecule has 0 aromatic heterocycles. The molecule has 1 aromatic rings. The van der Waals surface area contributed by atoms with Gasteiger partial charge in [0.15, 0.2) is 5.78 Å². The number of allylic oxidation sites excluding steroid dienone is 1. The van der Waals surface area contributed by atoms with Gasteiger partial charge in [0.1, 0.15) is 18.5 Å². The fourth-order valence-corrected chi connectivity index (χ4v) is 5.30. The number of carboxylic acid groups (broad SMARTS) is 1. The maximum Gasteiger partial charge on any atom is 1.00 e. The van der Waals surface area contributed by atoms with Crippen LogP contribution in [0.25, 0.3) is 0 Å². The van der Waals surface area contributed by atoms with E-state index in [4.69, 9.17) is 9.57 Å². The second kappa shape index (κ2) is 16.2. The number of benzene rings is 1. The number of nitrogens with zero attached hydrogens (tertiary/aromatic N) is 1. The average Bonchev–Trinajstić information content (AvgIpc) is 2.89. The molecule has 212 valence electrons. The number of ether oxygens (including phenoxy) is 1. The van der Waals surface area contributed by atoms with Gasteiger partial charge in [-0.05, 0) is 48.8 Å². The van der Waals surface area contributed by atoms with Crippen molar-refractivity contribution in [3.8, 4) is 0 Å². The quantitative estimate of drug-likeness (QED) is 0.200. The van der Waals surface area contributed by atoms with E-state index in [2.05, 4.69) is 5.16 Å². The minimum Gasteiger partial charge on any atom is -0.550 e. The Morgan fingerprint density at radius 1 is 1.18 bits per heavy atom. The first kappa shape index (κ1) is 33.9. The monoisotopic (exact) mass is 563 g/mol. The first-order chi connectivity index (χ1) is 18.6. The molecule has 10 heteroatoms. The summed E-state index contributed by atoms with van der Waals surface area (Å²) in [6.45, 7) is 5.80. The molecule has 0 saturated heterocycles. The first-order valence-corrected chi connectivity index (χ1v) is 13.7. The third-order valence-electron chi connectivity index (χ3n) is 7.76. The van der Waals surface area contributed by atoms with Crippen molar-refractivity contribution in [1.29, 1.82) is 0 Å². The second-order valence-corrected chi connectivity index (χ2v) is 10.6. The predicted molar refractivity (Wildman–Crippen MR) is 141 cm³/mol. The van der Waals surface area contributed by atoms with Crippen molar-refractivity contribution in [1.82, 2.24) is 0 Å². The Labute approximate surface area is 257 Å². The summed E-state index contributed by atoms with van der Waals surface area (Å²) in [6.07, 6.45) is 0.851. The number of esters is 1. The first-order valence-electron chi connectivity index (χ1n) is 13.7. The summed E-state index contributed by atoms with van der Waals surface area (Å²) in [5.41, 5.74) is 2.26. The number of aliphatic hydroxyl groups excluding tert-OH is 1. The van der Waals surface area contributed by atoms with E-state index in [1.54, 1.807) is 13.0 Å². The SMILES string of the molecule is CCC(C)C(=O)OC1CCC(=NOCc2ccccc2)C2=CC(=O)C(C)C(CCC(=O)CC(O)CC(=O)[O-])C21.[Na+]. The number of ketones is 2. The fraction of sp³-hybridized carbons (Fsp3) is 0.567. The van der Waals surface area contributed by atoms with Gasteiger partial charge in [-0.25, -0.2) is 0 Å². The smallest absolute Gasteiger partial charge is 0.550 e. The second-order valence-electron chi connectivity index (χ2n) is 10.6. The molecule has 0 heterocycles. The number of aliphatic carboxylic acids is 1. The molecule has 0 bridgehead atoms. The van der Waals surface area contributed by atoms with E-state index in [0.717, 1.165) is 5.56 Å². The molecule has 2 aliphatic rings. The van der Waals surface area contributed by atoms with E-state index in [-0.39, 0.29) is 84.3 Å². The molecular weight excluding hydrogens is 525 g/mol. The van der Waals surface area contributed by atoms with Crippen molar-refractivity contribution >= 4 is 29.2 Å². The zero-order chi connectivity index (χ0) is 28.5. The molecule has 0 aliphatic heterocycles. The van der Waals surface area contributed by atoms with E-state index in [1.807, 2.05) is 44.2 Å². The summed E-state index contributed by atoms with van der Waals surface area (Å²) in [6, 6.07) is 9.58. The van der Waals surface area contributed by atoms with Crippen molar-refractivity contribution in [2.24, 2.45) is 28.8 Å². The number of carboxylic acids is 1. The molecule has 1 saturated carbocycles. The van der Waals surface area contributed by atoms with Crippen LogP contribution in [-0.4, -0.2) is 46.5 Å². The third-order valence-corrected chi connectivity index (χ3v) is 7.76. The van der Waals surface area contributed by atoms with Crippen molar-refractivity contribution in [2.45, 2.75) is 84.5 Å². The standard InChI is InChI=1S/C30H39NO8.Na/c1-4-18(2)30(37)39-27-13-12-25(31-38-17-20-8-6-5-7-9-20)24-16-26(34)19(3)23(29(24)27)11-10-21(32)14-22(33)15-28(35)36;/h5-9,16,18-19,22-23,27,29,33H,4,10-15,17H2,1-3H3,(H,35,36);/q;+1/p-1. The Bertz CT molecular complexity index is 1100. The number of aliphatic hydroxyl groups is 1. The van der Waals surface area contributed by atoms with Crippen LogP contribution in [0.15, 0.2) is 47.1 Å². The molecular formula is C30H38NNaO8. The Morgan fingerprint density at radius 3 is 2.52 bits per heavy atom. The Hall–Kier alpha value is -2.33. The van der Waals surface area contributed by atoms with Crippen LogP contribution in [0.3, 0.4) is 0 Å². The predicted octanol–water partition coefficient (Wildman–Crippen LogP) is -0.0672. The van der Waals surface area contributed by atoms with Crippen LogP contribution in [0.2, 0.25) is 0 Å². The van der Waals surface area contributed by atoms with Gasteiger partial charge in [-0.3, -0.25) is 14.4 Å². The van der Waals surface area contributed by atoms with Crippen molar-refractivity contribution in [2.75, 3.05) is 0 Å². The minimum absolute atomic E-state index is 0. The molecule has 1 fully saturated rings. The van der Waals surface area contributed by atoms with Gasteiger partial charge in [0, 0.05) is 37.1 Å². The van der Waals surface area contributed by atoms with Crippen LogP contribution in [0.1, 0.15) is 71.3 Å². The summed E-state index contributed by atoms with van der Waals surface area (Å²) in [4.78, 5) is 54.7. The molecule has 1 N–H and O–H groups in total. The average molecular weight is 564 g/mol. The fourth-order valence-electron chi connectivity index (χ4n) is 5.30. The summed E-state index contributed by atoms with van der Waals surface area (Å²) in [7, 11) is 0. The van der Waals surface area contributed by atoms with Crippen LogP contribution in [0, 0.1) is 23.7 Å². The number of oxime groups is 1. The number of carbonyl (C=O) groups is 4. The molecule has 6 unspecified atom stereocenters. The largest absolute Gasteiger partial charge is 1.00 e. The maximum atomic E-state index is 13.1. The molecule has 0 amide bonds. The third kappa shape index (κ3) is 9.36. The molecule has 2 aliphatic carbocycles. The summed E-state index contributed by atoms with van der Waals surface area (Å²) < 4.78 is 5.98. The van der Waals surface area contributed by atoms with Gasteiger partial charge in [0.05, 0.1) is 17.7 Å². The summed E-state index contributed by atoms with van der Waals surface area (Å²) >= 11 is 0. The van der Waals surface area contributed by atoms with Crippen LogP contribution < -0.4 is 34.7 Å². The van der Waals surface area contributed by atoms with Crippen LogP contribution in [0.4, 0.5) is 0 Å². The van der Waals surface area contributed by atoms with Gasteiger partial charge >= 0.3 is 35.5 Å². The number of rotatable bonds is 13. The van der Waals surface area contributed by atoms with Gasteiger partial charge in [0.2, 0.25) is 0 Å². The van der Waals surface area contributed by atoms with Crippen molar-refractivity contribution in [3.63, 3.8) is 0 Å². The molecule has 6 atom stereocenters. The zero-order valence-corrected chi connectivity index (χ0v) is 25.8. The number of Topliss-reactive ketones (excluding diaryl/α,β-unsaturated/α-hetero) is 1. The van der Waals surface area contributed by atoms with Gasteiger partial charge in [-0.1, -0.05) is 56.3 Å². The van der Waals surface area contributed by atoms with E-state index in [0.29, 0.717) is 37.0 Å². The Kier molecular flexibility index (Phi) is 13.7. The molecule has 9 nitrogen and oxygen atoms in total. The molecule has 0 spiro atoms. The molecule has 1 aromatic carbocycles. The molecule has 40 heavy (non-hydrogen) atoms. The van der Waals surface area contributed by atoms with E-state index < -0.39 is 30.5 Å². The van der Waals surface area contributed by atoms with Gasteiger partial charge in [-0.2, -0.15) is 0 Å². The normalized spacial score (nSPS) is 24.6. The van der Waals surface area contributed by atoms with Gasteiger partial charge < -0.3 is 24.6 Å². The zero-order valence-electron chi connectivity index (χ0n) is 23.8. The number of hydrogen-bond donors (Lipinski definition) is 1. The molecule has 3 rings (SSSR count). The number of carbonyl (C=O) groups excluding carboxylic acids is 4. The Morgan fingerprint density at radius 2 is 1.88 bits per heavy atom. The van der Waals surface area contributed by atoms with Crippen LogP contribution in [-0.2, 0) is 35.4 Å². The van der Waals surface area contributed by atoms with Crippen LogP contribution >= 0.6 is 0 Å². The maximum absolute atomic E-state index is 13.1. The Balaban J connectivity index is 0.00000560. The van der Waals surface area contributed by atoms with E-state index in [1.165, 1.54) is 0 Å². The topological polar surface area (TPSA) is 142 Å². The van der Waals surface area contributed by atoms with Crippen LogP contribution in [0.5, 0.6) is 0 Å². The molecule has 0 radical (unpaired) electrons. The van der Waals surface area contributed by atoms with Crippen molar-refractivity contribution < 1.29 is 68.5 Å². The van der Waals surface area contributed by atoms with Gasteiger partial charge in [-0.15, -0.1) is 0 Å². The van der Waals surface area contributed by atoms with E-state index >= 15 is 0 Å². The minimum atomic E-state index is -1.42. The number of fused-ring (bicyclic) bond motifs is 1. The van der Waals surface area contributed by atoms with Crippen molar-refractivity contribution in [3.05, 3.63) is 47.5 Å². The van der Waals surface area contributed by atoms with E-state index in [9.17, 15) is 29.4 Å². The summed E-state index contributed by atoms with van der Waals surface area (Å²) in [5, 5.41) is 24.9. The summed E-state index contributed by atoms with van der Waals surface area (Å²) in [5.74, 6) is -3.47.